The number of carbonyl (C=O) groups is 7. The number of nitrogens with one attached hydrogen (secondary N) is 6. The van der Waals surface area contributed by atoms with Crippen molar-refractivity contribution in [1.82, 2.24) is 31.9 Å². The summed E-state index contributed by atoms with van der Waals surface area (Å²) in [6.45, 7) is -1.60. The van der Waals surface area contributed by atoms with Crippen LogP contribution in [-0.2, 0) is 54.2 Å². The van der Waals surface area contributed by atoms with Crippen molar-refractivity contribution < 1.29 is 138 Å². The highest BCUT2D eigenvalue weighted by molar-refractivity contribution is 6.33. The number of nitrogens with two attached hydrogens (primary N) is 1. The van der Waals surface area contributed by atoms with Crippen molar-refractivity contribution in [2.24, 2.45) is 5.73 Å². The number of carboxylic acid groups (broad SMARTS) is 1. The van der Waals surface area contributed by atoms with Crippen LogP contribution < -0.4 is 56.6 Å². The van der Waals surface area contributed by atoms with E-state index in [-0.39, 0.29) is 38.2 Å². The van der Waals surface area contributed by atoms with Gasteiger partial charge in [0.2, 0.25) is 47.5 Å². The van der Waals surface area contributed by atoms with Crippen LogP contribution in [-0.4, -0.2) is 200 Å². The molecule has 0 aliphatic carbocycles. The number of hydrogen-bond acceptors (Lipinski definition) is 28. The lowest BCUT2D eigenvalue weighted by Gasteiger charge is -2.42. The summed E-state index contributed by atoms with van der Waals surface area (Å²) >= 11 is 20.5. The van der Waals surface area contributed by atoms with Gasteiger partial charge in [-0.05, 0) is 112 Å². The van der Waals surface area contributed by atoms with E-state index in [0.717, 1.165) is 84.9 Å². The molecular weight excluding hydrogens is 1490 g/mol. The van der Waals surface area contributed by atoms with Crippen LogP contribution in [0.5, 0.6) is 69.0 Å². The molecule has 7 aromatic rings. The average molecular weight is 1560 g/mol. The van der Waals surface area contributed by atoms with Gasteiger partial charge in [0.05, 0.1) is 28.3 Å². The molecular formula is C70H64Cl3N7O28. The predicted molar refractivity (Wildman–Crippen MR) is 365 cm³/mol. The van der Waals surface area contributed by atoms with Crippen LogP contribution >= 0.6 is 34.8 Å². The minimum atomic E-state index is -2.32. The number of carboxylic acids is 1. The predicted octanol–water partition coefficient (Wildman–Crippen LogP) is 0.935. The lowest BCUT2D eigenvalue weighted by molar-refractivity contribution is -0.323. The fourth-order valence-electron chi connectivity index (χ4n) is 13.0. The Morgan fingerprint density at radius 3 is 1.71 bits per heavy atom. The molecule has 2 saturated heterocycles. The molecule has 0 spiro atoms. The summed E-state index contributed by atoms with van der Waals surface area (Å²) in [4.78, 5) is 105. The van der Waals surface area contributed by atoms with E-state index >= 15 is 19.2 Å². The van der Waals surface area contributed by atoms with E-state index in [1.165, 1.54) is 24.3 Å². The van der Waals surface area contributed by atoms with E-state index in [4.69, 9.17) is 73.7 Å². The van der Waals surface area contributed by atoms with Crippen molar-refractivity contribution in [1.29, 1.82) is 0 Å². The van der Waals surface area contributed by atoms with Crippen molar-refractivity contribution >= 4 is 76.2 Å². The largest absolute Gasteiger partial charge is 0.508 e. The molecule has 568 valence electrons. The van der Waals surface area contributed by atoms with Crippen LogP contribution in [0.25, 0.3) is 11.1 Å². The number of hydrogen-bond donors (Lipinski definition) is 21. The quantitative estimate of drug-likeness (QED) is 0.106. The number of fused-ring (bicyclic) bond motifs is 14. The lowest BCUT2D eigenvalue weighted by atomic mass is 9.89. The maximum Gasteiger partial charge on any atom is 0.330 e. The zero-order valence-electron chi connectivity index (χ0n) is 55.1. The highest BCUT2D eigenvalue weighted by atomic mass is 35.5. The normalized spacial score (nSPS) is 28.5. The molecule has 8 aliphatic heterocycles. The Labute approximate surface area is 622 Å². The Kier molecular flexibility index (Phi) is 21.2. The van der Waals surface area contributed by atoms with Gasteiger partial charge in [-0.15, -0.1) is 0 Å². The molecule has 0 aromatic heterocycles. The van der Waals surface area contributed by atoms with E-state index in [1.807, 2.05) is 0 Å². The number of aromatic hydroxyl groups is 5. The van der Waals surface area contributed by atoms with Gasteiger partial charge in [0.1, 0.15) is 131 Å². The number of carbonyl (C=O) groups excluding carboxylic acids is 6. The monoisotopic (exact) mass is 1560 g/mol. The van der Waals surface area contributed by atoms with Crippen LogP contribution in [0.3, 0.4) is 0 Å². The van der Waals surface area contributed by atoms with Gasteiger partial charge in [-0.1, -0.05) is 53.0 Å². The Balaban J connectivity index is 0.945. The number of amides is 6. The Morgan fingerprint density at radius 2 is 1.06 bits per heavy atom. The van der Waals surface area contributed by atoms with E-state index in [9.17, 15) is 85.9 Å². The Hall–Kier alpha value is -10.6. The van der Waals surface area contributed by atoms with Gasteiger partial charge < -0.3 is 142 Å². The fraction of sp³-hybridized carbons (Fsp3) is 0.300. The maximum atomic E-state index is 16.0. The molecule has 7 aromatic carbocycles. The van der Waals surface area contributed by atoms with Crippen molar-refractivity contribution in [2.45, 2.75) is 116 Å². The fourth-order valence-corrected chi connectivity index (χ4v) is 13.7. The number of aliphatic hydroxyl groups excluding tert-OH is 8. The molecule has 2 fully saturated rings. The summed E-state index contributed by atoms with van der Waals surface area (Å²) in [6, 6.07) is 4.65. The second kappa shape index (κ2) is 30.2. The molecule has 6 amide bonds. The van der Waals surface area contributed by atoms with Gasteiger partial charge in [-0.3, -0.25) is 28.8 Å². The molecule has 108 heavy (non-hydrogen) atoms. The number of rotatable bonds is 7. The topological polar surface area (TPSA) is 566 Å². The number of halogens is 3. The van der Waals surface area contributed by atoms with Gasteiger partial charge in [0.25, 0.3) is 0 Å². The summed E-state index contributed by atoms with van der Waals surface area (Å²) in [5.41, 5.74) is 3.47. The second-order valence-electron chi connectivity index (χ2n) is 25.9. The molecule has 8 heterocycles. The van der Waals surface area contributed by atoms with Gasteiger partial charge in [0.15, 0.2) is 35.3 Å². The smallest absolute Gasteiger partial charge is 0.330 e. The third-order valence-corrected chi connectivity index (χ3v) is 19.6. The number of aliphatic hydroxyl groups is 8. The first kappa shape index (κ1) is 75.6. The van der Waals surface area contributed by atoms with Crippen LogP contribution in [0.15, 0.2) is 109 Å². The van der Waals surface area contributed by atoms with Gasteiger partial charge in [0, 0.05) is 35.2 Å². The summed E-state index contributed by atoms with van der Waals surface area (Å²) < 4.78 is 41.8. The molecule has 0 radical (unpaired) electrons. The summed E-state index contributed by atoms with van der Waals surface area (Å²) in [6.07, 6.45) is -21.2. The second-order valence-corrected chi connectivity index (χ2v) is 27.1. The van der Waals surface area contributed by atoms with Gasteiger partial charge >= 0.3 is 5.97 Å². The first-order valence-electron chi connectivity index (χ1n) is 32.6. The Morgan fingerprint density at radius 1 is 0.500 bits per heavy atom. The van der Waals surface area contributed by atoms with Crippen LogP contribution in [0.2, 0.25) is 15.1 Å². The minimum Gasteiger partial charge on any atom is -0.508 e. The van der Waals surface area contributed by atoms with Crippen molar-refractivity contribution in [2.75, 3.05) is 13.2 Å². The molecule has 38 heteroatoms. The molecule has 0 saturated carbocycles. The molecule has 17 bridgehead atoms. The highest BCUT2D eigenvalue weighted by Gasteiger charge is 2.49. The van der Waals surface area contributed by atoms with Crippen LogP contribution in [0.4, 0.5) is 0 Å². The Bertz CT molecular complexity index is 4810. The number of benzene rings is 7. The van der Waals surface area contributed by atoms with E-state index in [2.05, 4.69) is 31.9 Å². The van der Waals surface area contributed by atoms with Crippen molar-refractivity contribution in [3.63, 3.8) is 0 Å². The lowest BCUT2D eigenvalue weighted by Crippen LogP contribution is -2.62. The SMILES string of the molecule is NC1C(=O)NC2Cc3ccc(c(Cl)c3)Oc3cc4cc(c3O)Oc3ccc(cc3Cl)C(O)C3NC(=O)C(NC(=O)C4NC(=O)C(NC2=O)c2cc(O)cc(c2)Oc2cc1ccc2O[C@@H]1O[C@H](CO[C@@H]2O[C@H](CO)[C@H](O)[C@H](O)[C@H]2O)[C@H](O)[C@H](O)[C@H]1O)c1cc(Cl)c(O)c(c1)-c1c(O)cc(O)cc1C(C(=O)O)NC3=O. The molecule has 18 atom stereocenters. The first-order chi connectivity index (χ1) is 51.3. The molecule has 35 nitrogen and oxygen atoms in total. The molecule has 22 N–H and O–H groups in total. The first-order valence-corrected chi connectivity index (χ1v) is 33.8. The zero-order chi connectivity index (χ0) is 77.3. The third-order valence-electron chi connectivity index (χ3n) is 18.7. The van der Waals surface area contributed by atoms with Crippen molar-refractivity contribution in [3.05, 3.63) is 163 Å². The van der Waals surface area contributed by atoms with E-state index < -0.39 is 267 Å². The van der Waals surface area contributed by atoms with Crippen LogP contribution in [0, 0.1) is 0 Å². The standard InChI is InChI=1S/C70H64Cl3N7O28/c71-33-7-22-1-4-38(33)104-42-15-27-16-43(55(42)87)105-39-5-3-24(12-34(39)72)53(85)52-67(99)79-51(68(100)101)31-18-29(83)19-37(84)46(31)32-11-26(13-35(73)54(32)86)49(66(98)80-52)77-65(97)50(27)78-64(96)48-25-9-28(82)17-30(10-25)103-41-14-23(47(74)63(95)75-36(8-22)62(94)76-48)2-6-40(41)106-70-61(93)59(91)57(89)45(108-70)21-102-69-60(92)58(90)56(88)44(20-81)107-69/h1-7,9-19,36,44-45,47-53,56-61,69-70,81-93H,8,20-21,74H2,(H,75,95)(H,76,94)(H,77,97)(H,78,96)(H,79,99)(H,80,98)(H,100,101)/t36?,44-,45-,47?,48?,49?,50?,51?,52?,53?,56+,57+,58+,59+,60-,61-,69-,70-/m1/s1. The third kappa shape index (κ3) is 14.8. The molecule has 8 unspecified atom stereocenters. The summed E-state index contributed by atoms with van der Waals surface area (Å²) in [5.74, 6) is -16.9. The molecule has 15 rings (SSSR count). The average Bonchev–Trinajstić information content (AvgIpc) is 0.762. The number of aliphatic carboxylic acids is 1. The zero-order valence-corrected chi connectivity index (χ0v) is 57.4. The number of ether oxygens (including phenoxy) is 7. The van der Waals surface area contributed by atoms with Crippen LogP contribution in [0.1, 0.15) is 75.3 Å². The van der Waals surface area contributed by atoms with E-state index in [1.54, 1.807) is 0 Å². The molecule has 8 aliphatic rings. The summed E-state index contributed by atoms with van der Waals surface area (Å²) in [5, 5.41) is 169. The van der Waals surface area contributed by atoms with E-state index in [0.29, 0.717) is 0 Å². The minimum absolute atomic E-state index is 0.0620. The van der Waals surface area contributed by atoms with Gasteiger partial charge in [-0.2, -0.15) is 0 Å². The highest BCUT2D eigenvalue weighted by Crippen LogP contribution is 2.50. The van der Waals surface area contributed by atoms with Gasteiger partial charge in [-0.25, -0.2) is 4.79 Å². The van der Waals surface area contributed by atoms with Crippen molar-refractivity contribution in [3.8, 4) is 80.1 Å². The summed E-state index contributed by atoms with van der Waals surface area (Å²) in [7, 11) is 0. The maximum absolute atomic E-state index is 16.0. The number of phenolic OH excluding ortho intramolecular Hbond substituents is 5. The number of phenols is 5.